The molecular formula is C14H17F4N. The SMILES string of the molecule is Cc1ccc(NC2CCC(C(F)(F)F)CC2)cc1F. The van der Waals surface area contributed by atoms with Gasteiger partial charge in [-0.25, -0.2) is 4.39 Å². The van der Waals surface area contributed by atoms with E-state index in [9.17, 15) is 17.6 Å². The van der Waals surface area contributed by atoms with Gasteiger partial charge in [0.15, 0.2) is 0 Å². The molecule has 0 aliphatic heterocycles. The van der Waals surface area contributed by atoms with Crippen LogP contribution in [-0.2, 0) is 0 Å². The summed E-state index contributed by atoms with van der Waals surface area (Å²) in [6, 6.07) is 4.82. The zero-order chi connectivity index (χ0) is 14.0. The Labute approximate surface area is 110 Å². The van der Waals surface area contributed by atoms with Gasteiger partial charge >= 0.3 is 6.18 Å². The van der Waals surface area contributed by atoms with Crippen molar-refractivity contribution in [3.63, 3.8) is 0 Å². The first-order chi connectivity index (χ1) is 8.86. The maximum absolute atomic E-state index is 13.4. The fourth-order valence-electron chi connectivity index (χ4n) is 2.48. The number of aryl methyl sites for hydroxylation is 1. The summed E-state index contributed by atoms with van der Waals surface area (Å²) in [6.07, 6.45) is -2.84. The topological polar surface area (TPSA) is 12.0 Å². The third-order valence-electron chi connectivity index (χ3n) is 3.73. The summed E-state index contributed by atoms with van der Waals surface area (Å²) in [4.78, 5) is 0. The second kappa shape index (κ2) is 5.39. The molecule has 106 valence electrons. The Bertz CT molecular complexity index is 434. The lowest BCUT2D eigenvalue weighted by molar-refractivity contribution is -0.182. The molecule has 1 aliphatic rings. The molecule has 0 heterocycles. The number of nitrogens with one attached hydrogen (secondary N) is 1. The van der Waals surface area contributed by atoms with Crippen LogP contribution in [0.5, 0.6) is 0 Å². The second-order valence-electron chi connectivity index (χ2n) is 5.20. The number of halogens is 4. The van der Waals surface area contributed by atoms with Crippen LogP contribution in [0, 0.1) is 18.7 Å². The predicted molar refractivity (Wildman–Crippen MR) is 66.6 cm³/mol. The third kappa shape index (κ3) is 3.61. The number of anilines is 1. The first-order valence-corrected chi connectivity index (χ1v) is 6.45. The molecule has 1 saturated carbocycles. The van der Waals surface area contributed by atoms with E-state index < -0.39 is 12.1 Å². The van der Waals surface area contributed by atoms with Crippen molar-refractivity contribution in [2.24, 2.45) is 5.92 Å². The largest absolute Gasteiger partial charge is 0.391 e. The van der Waals surface area contributed by atoms with E-state index in [1.165, 1.54) is 6.07 Å². The van der Waals surface area contributed by atoms with Gasteiger partial charge in [-0.05, 0) is 50.3 Å². The molecule has 1 aromatic rings. The fourth-order valence-corrected chi connectivity index (χ4v) is 2.48. The van der Waals surface area contributed by atoms with Crippen molar-refractivity contribution in [3.8, 4) is 0 Å². The summed E-state index contributed by atoms with van der Waals surface area (Å²) in [6.45, 7) is 1.67. The van der Waals surface area contributed by atoms with Crippen LogP contribution in [0.2, 0.25) is 0 Å². The molecule has 0 unspecified atom stereocenters. The van der Waals surface area contributed by atoms with Crippen molar-refractivity contribution < 1.29 is 17.6 Å². The Kier molecular flexibility index (Phi) is 4.02. The maximum atomic E-state index is 13.4. The Morgan fingerprint density at radius 3 is 2.26 bits per heavy atom. The minimum Gasteiger partial charge on any atom is -0.382 e. The van der Waals surface area contributed by atoms with Crippen LogP contribution in [0.1, 0.15) is 31.2 Å². The van der Waals surface area contributed by atoms with Crippen molar-refractivity contribution in [1.29, 1.82) is 0 Å². The molecule has 0 bridgehead atoms. The fraction of sp³-hybridized carbons (Fsp3) is 0.571. The Balaban J connectivity index is 1.90. The highest BCUT2D eigenvalue weighted by Gasteiger charge is 2.41. The van der Waals surface area contributed by atoms with Gasteiger partial charge in [0.05, 0.1) is 5.92 Å². The van der Waals surface area contributed by atoms with Crippen molar-refractivity contribution in [2.45, 2.75) is 44.8 Å². The second-order valence-corrected chi connectivity index (χ2v) is 5.20. The highest BCUT2D eigenvalue weighted by Crippen LogP contribution is 2.38. The van der Waals surface area contributed by atoms with Gasteiger partial charge in [0.2, 0.25) is 0 Å². The lowest BCUT2D eigenvalue weighted by atomic mass is 9.85. The van der Waals surface area contributed by atoms with Gasteiger partial charge in [-0.3, -0.25) is 0 Å². The van der Waals surface area contributed by atoms with Crippen LogP contribution in [-0.4, -0.2) is 12.2 Å². The first kappa shape index (κ1) is 14.2. The van der Waals surface area contributed by atoms with Crippen molar-refractivity contribution in [2.75, 3.05) is 5.32 Å². The maximum Gasteiger partial charge on any atom is 0.391 e. The van der Waals surface area contributed by atoms with Gasteiger partial charge in [0.1, 0.15) is 5.82 Å². The van der Waals surface area contributed by atoms with E-state index in [0.717, 1.165) is 0 Å². The lowest BCUT2D eigenvalue weighted by Crippen LogP contribution is -2.32. The average molecular weight is 275 g/mol. The van der Waals surface area contributed by atoms with Crippen molar-refractivity contribution >= 4 is 5.69 Å². The van der Waals surface area contributed by atoms with Crippen LogP contribution < -0.4 is 5.32 Å². The molecule has 0 aromatic heterocycles. The van der Waals surface area contributed by atoms with Crippen LogP contribution >= 0.6 is 0 Å². The quantitative estimate of drug-likeness (QED) is 0.773. The molecule has 0 atom stereocenters. The smallest absolute Gasteiger partial charge is 0.382 e. The van der Waals surface area contributed by atoms with Crippen LogP contribution in [0.4, 0.5) is 23.2 Å². The van der Waals surface area contributed by atoms with Crippen molar-refractivity contribution in [3.05, 3.63) is 29.6 Å². The monoisotopic (exact) mass is 275 g/mol. The molecular weight excluding hydrogens is 258 g/mol. The number of hydrogen-bond donors (Lipinski definition) is 1. The Hall–Kier alpha value is -1.26. The van der Waals surface area contributed by atoms with Gasteiger partial charge in [0.25, 0.3) is 0 Å². The van der Waals surface area contributed by atoms with Crippen LogP contribution in [0.3, 0.4) is 0 Å². The summed E-state index contributed by atoms with van der Waals surface area (Å²) < 4.78 is 50.9. The molecule has 0 radical (unpaired) electrons. The van der Waals surface area contributed by atoms with Gasteiger partial charge in [0, 0.05) is 11.7 Å². The Morgan fingerprint density at radius 1 is 1.11 bits per heavy atom. The molecule has 1 fully saturated rings. The molecule has 5 heteroatoms. The molecule has 19 heavy (non-hydrogen) atoms. The van der Waals surface area contributed by atoms with E-state index in [4.69, 9.17) is 0 Å². The Morgan fingerprint density at radius 2 is 1.74 bits per heavy atom. The summed E-state index contributed by atoms with van der Waals surface area (Å²) in [7, 11) is 0. The number of alkyl halides is 3. The summed E-state index contributed by atoms with van der Waals surface area (Å²) in [5.74, 6) is -1.48. The summed E-state index contributed by atoms with van der Waals surface area (Å²) in [5, 5.41) is 3.11. The minimum atomic E-state index is -4.08. The van der Waals surface area contributed by atoms with E-state index in [0.29, 0.717) is 24.1 Å². The zero-order valence-electron chi connectivity index (χ0n) is 10.7. The van der Waals surface area contributed by atoms with Crippen LogP contribution in [0.25, 0.3) is 0 Å². The normalized spacial score (nSPS) is 24.3. The van der Waals surface area contributed by atoms with Gasteiger partial charge in [-0.1, -0.05) is 6.07 Å². The molecule has 0 spiro atoms. The van der Waals surface area contributed by atoms with Gasteiger partial charge in [-0.2, -0.15) is 13.2 Å². The lowest BCUT2D eigenvalue weighted by Gasteiger charge is -2.30. The highest BCUT2D eigenvalue weighted by molar-refractivity contribution is 5.46. The summed E-state index contributed by atoms with van der Waals surface area (Å²) in [5.41, 5.74) is 1.20. The molecule has 0 saturated heterocycles. The standard InChI is InChI=1S/C14H17F4N/c1-9-2-5-12(8-13(9)15)19-11-6-3-10(4-7-11)14(16,17)18/h2,5,8,10-11,19H,3-4,6-7H2,1H3. The minimum absolute atomic E-state index is 0.000654. The molecule has 0 amide bonds. The van der Waals surface area contributed by atoms with Gasteiger partial charge in [-0.15, -0.1) is 0 Å². The predicted octanol–water partition coefficient (Wildman–Crippen LogP) is 4.67. The van der Waals surface area contributed by atoms with E-state index in [-0.39, 0.29) is 24.7 Å². The van der Waals surface area contributed by atoms with Crippen LogP contribution in [0.15, 0.2) is 18.2 Å². The third-order valence-corrected chi connectivity index (χ3v) is 3.73. The molecule has 1 nitrogen and oxygen atoms in total. The van der Waals surface area contributed by atoms with E-state index >= 15 is 0 Å². The highest BCUT2D eigenvalue weighted by atomic mass is 19.4. The van der Waals surface area contributed by atoms with E-state index in [1.54, 1.807) is 19.1 Å². The summed E-state index contributed by atoms with van der Waals surface area (Å²) >= 11 is 0. The van der Waals surface area contributed by atoms with Gasteiger partial charge < -0.3 is 5.32 Å². The van der Waals surface area contributed by atoms with E-state index in [2.05, 4.69) is 5.32 Å². The molecule has 1 N–H and O–H groups in total. The zero-order valence-corrected chi connectivity index (χ0v) is 10.7. The molecule has 2 rings (SSSR count). The molecule has 1 aliphatic carbocycles. The van der Waals surface area contributed by atoms with Crippen molar-refractivity contribution in [1.82, 2.24) is 0 Å². The van der Waals surface area contributed by atoms with E-state index in [1.807, 2.05) is 0 Å². The molecule has 1 aromatic carbocycles. The average Bonchev–Trinajstić information content (AvgIpc) is 2.33. The first-order valence-electron chi connectivity index (χ1n) is 6.45. The number of hydrogen-bond acceptors (Lipinski definition) is 1. The number of rotatable bonds is 2. The number of benzene rings is 1.